The maximum atomic E-state index is 12.8. The Hall–Kier alpha value is -4.49. The summed E-state index contributed by atoms with van der Waals surface area (Å²) in [5.74, 6) is 0.0401. The van der Waals surface area contributed by atoms with E-state index in [1.54, 1.807) is 0 Å². The lowest BCUT2D eigenvalue weighted by Gasteiger charge is -2.29. The molecule has 0 aliphatic rings. The Labute approximate surface area is 233 Å². The first-order chi connectivity index (χ1) is 19.1. The number of nitrogens with zero attached hydrogens (tertiary/aromatic N) is 4. The quantitative estimate of drug-likeness (QED) is 0.199. The standard InChI is InChI=1S/C32H29N5OS/c1-23(2)37(27-16-10-5-11-17-27)28-20-18-26(19-21-28)33-29(38)22-39-32-34-30(24-12-6-3-7-13-24)31(35-36-32)25-14-8-4-9-15-25/h3-21,23H,22H2,1-2H3,(H,33,38). The molecule has 4 aromatic carbocycles. The smallest absolute Gasteiger partial charge is 0.234 e. The molecule has 0 bridgehead atoms. The summed E-state index contributed by atoms with van der Waals surface area (Å²) in [6, 6.07) is 38.2. The minimum atomic E-state index is -0.131. The first kappa shape index (κ1) is 26.1. The predicted molar refractivity (Wildman–Crippen MR) is 160 cm³/mol. The van der Waals surface area contributed by atoms with E-state index in [-0.39, 0.29) is 17.7 Å². The zero-order valence-corrected chi connectivity index (χ0v) is 22.7. The lowest BCUT2D eigenvalue weighted by Crippen LogP contribution is -2.25. The molecule has 0 fully saturated rings. The minimum absolute atomic E-state index is 0.131. The molecule has 39 heavy (non-hydrogen) atoms. The third-order valence-corrected chi connectivity index (χ3v) is 6.91. The zero-order chi connectivity index (χ0) is 27.0. The molecule has 1 aromatic heterocycles. The van der Waals surface area contributed by atoms with Crippen molar-refractivity contribution in [3.8, 4) is 22.5 Å². The van der Waals surface area contributed by atoms with Crippen LogP contribution in [0.4, 0.5) is 17.1 Å². The summed E-state index contributed by atoms with van der Waals surface area (Å²) in [6.07, 6.45) is 0. The number of benzene rings is 4. The van der Waals surface area contributed by atoms with E-state index in [0.29, 0.717) is 10.9 Å². The number of aromatic nitrogens is 3. The third-order valence-electron chi connectivity index (χ3n) is 6.07. The highest BCUT2D eigenvalue weighted by atomic mass is 32.2. The van der Waals surface area contributed by atoms with Crippen LogP contribution in [0.2, 0.25) is 0 Å². The molecule has 0 radical (unpaired) electrons. The van der Waals surface area contributed by atoms with Crippen LogP contribution in [-0.4, -0.2) is 32.9 Å². The molecule has 7 heteroatoms. The second-order valence-corrected chi connectivity index (χ2v) is 10.1. The molecular weight excluding hydrogens is 502 g/mol. The van der Waals surface area contributed by atoms with Crippen LogP contribution in [0.1, 0.15) is 13.8 Å². The molecule has 0 unspecified atom stereocenters. The lowest BCUT2D eigenvalue weighted by atomic mass is 10.0. The second-order valence-electron chi connectivity index (χ2n) is 9.21. The molecule has 5 rings (SSSR count). The van der Waals surface area contributed by atoms with E-state index < -0.39 is 0 Å². The van der Waals surface area contributed by atoms with Crippen molar-refractivity contribution in [1.29, 1.82) is 0 Å². The van der Waals surface area contributed by atoms with Crippen molar-refractivity contribution in [2.75, 3.05) is 16.0 Å². The summed E-state index contributed by atoms with van der Waals surface area (Å²) in [5, 5.41) is 12.2. The molecule has 1 heterocycles. The number of carbonyl (C=O) groups is 1. The summed E-state index contributed by atoms with van der Waals surface area (Å²) < 4.78 is 0. The SMILES string of the molecule is CC(C)N(c1ccccc1)c1ccc(NC(=O)CSc2nnc(-c3ccccc3)c(-c3ccccc3)n2)cc1. The Kier molecular flexibility index (Phi) is 8.29. The Morgan fingerprint density at radius 3 is 1.85 bits per heavy atom. The highest BCUT2D eigenvalue weighted by Gasteiger charge is 2.16. The van der Waals surface area contributed by atoms with Gasteiger partial charge in [-0.2, -0.15) is 0 Å². The van der Waals surface area contributed by atoms with Gasteiger partial charge < -0.3 is 10.2 Å². The summed E-state index contributed by atoms with van der Waals surface area (Å²) in [6.45, 7) is 4.32. The largest absolute Gasteiger partial charge is 0.339 e. The van der Waals surface area contributed by atoms with Gasteiger partial charge in [-0.25, -0.2) is 4.98 Å². The first-order valence-corrected chi connectivity index (χ1v) is 13.8. The fourth-order valence-corrected chi connectivity index (χ4v) is 4.91. The Morgan fingerprint density at radius 2 is 1.26 bits per heavy atom. The van der Waals surface area contributed by atoms with E-state index in [1.165, 1.54) is 11.8 Å². The topological polar surface area (TPSA) is 71.0 Å². The number of amides is 1. The van der Waals surface area contributed by atoms with Gasteiger partial charge in [0.1, 0.15) is 11.4 Å². The maximum absolute atomic E-state index is 12.8. The van der Waals surface area contributed by atoms with Crippen molar-refractivity contribution in [3.05, 3.63) is 115 Å². The predicted octanol–water partition coefficient (Wildman–Crippen LogP) is 7.48. The fraction of sp³-hybridized carbons (Fsp3) is 0.125. The molecule has 0 saturated carbocycles. The highest BCUT2D eigenvalue weighted by molar-refractivity contribution is 7.99. The van der Waals surface area contributed by atoms with E-state index in [4.69, 9.17) is 4.98 Å². The van der Waals surface area contributed by atoms with Crippen LogP contribution in [-0.2, 0) is 4.79 Å². The van der Waals surface area contributed by atoms with Crippen LogP contribution in [0, 0.1) is 0 Å². The maximum Gasteiger partial charge on any atom is 0.234 e. The van der Waals surface area contributed by atoms with Crippen molar-refractivity contribution in [2.24, 2.45) is 0 Å². The number of rotatable bonds is 9. The number of hydrogen-bond acceptors (Lipinski definition) is 6. The average molecular weight is 532 g/mol. The lowest BCUT2D eigenvalue weighted by molar-refractivity contribution is -0.113. The van der Waals surface area contributed by atoms with E-state index in [0.717, 1.165) is 33.9 Å². The normalized spacial score (nSPS) is 10.8. The van der Waals surface area contributed by atoms with Crippen LogP contribution >= 0.6 is 11.8 Å². The molecule has 5 aromatic rings. The van der Waals surface area contributed by atoms with Crippen LogP contribution < -0.4 is 10.2 Å². The molecule has 0 aliphatic heterocycles. The zero-order valence-electron chi connectivity index (χ0n) is 21.9. The van der Waals surface area contributed by atoms with Gasteiger partial charge in [0, 0.05) is 34.2 Å². The minimum Gasteiger partial charge on any atom is -0.339 e. The van der Waals surface area contributed by atoms with E-state index >= 15 is 0 Å². The Bertz CT molecular complexity index is 1510. The van der Waals surface area contributed by atoms with Gasteiger partial charge in [0.05, 0.1) is 5.75 Å². The van der Waals surface area contributed by atoms with Crippen LogP contribution in [0.25, 0.3) is 22.5 Å². The van der Waals surface area contributed by atoms with Gasteiger partial charge in [-0.1, -0.05) is 90.6 Å². The molecule has 6 nitrogen and oxygen atoms in total. The molecule has 194 valence electrons. The van der Waals surface area contributed by atoms with Crippen molar-refractivity contribution < 1.29 is 4.79 Å². The van der Waals surface area contributed by atoms with Gasteiger partial charge >= 0.3 is 0 Å². The molecular formula is C32H29N5OS. The molecule has 0 saturated heterocycles. The van der Waals surface area contributed by atoms with Gasteiger partial charge in [-0.05, 0) is 50.2 Å². The summed E-state index contributed by atoms with van der Waals surface area (Å²) >= 11 is 1.26. The third kappa shape index (κ3) is 6.51. The number of para-hydroxylation sites is 1. The first-order valence-electron chi connectivity index (χ1n) is 12.8. The van der Waals surface area contributed by atoms with E-state index in [9.17, 15) is 4.79 Å². The van der Waals surface area contributed by atoms with Gasteiger partial charge in [0.15, 0.2) is 0 Å². The molecule has 0 aliphatic carbocycles. The number of nitrogens with one attached hydrogen (secondary N) is 1. The van der Waals surface area contributed by atoms with Crippen molar-refractivity contribution >= 4 is 34.7 Å². The monoisotopic (exact) mass is 531 g/mol. The average Bonchev–Trinajstić information content (AvgIpc) is 2.98. The van der Waals surface area contributed by atoms with Crippen molar-refractivity contribution in [3.63, 3.8) is 0 Å². The Morgan fingerprint density at radius 1 is 0.718 bits per heavy atom. The van der Waals surface area contributed by atoms with Crippen molar-refractivity contribution in [1.82, 2.24) is 15.2 Å². The van der Waals surface area contributed by atoms with Crippen LogP contribution in [0.5, 0.6) is 0 Å². The van der Waals surface area contributed by atoms with Crippen LogP contribution in [0.15, 0.2) is 120 Å². The fourth-order valence-electron chi connectivity index (χ4n) is 4.33. The van der Waals surface area contributed by atoms with Crippen molar-refractivity contribution in [2.45, 2.75) is 25.0 Å². The summed E-state index contributed by atoms with van der Waals surface area (Å²) in [7, 11) is 0. The molecule has 1 amide bonds. The number of anilines is 3. The van der Waals surface area contributed by atoms with Gasteiger partial charge in [0.25, 0.3) is 0 Å². The number of hydrogen-bond donors (Lipinski definition) is 1. The summed E-state index contributed by atoms with van der Waals surface area (Å²) in [5.41, 5.74) is 6.27. The molecule has 0 spiro atoms. The highest BCUT2D eigenvalue weighted by Crippen LogP contribution is 2.31. The summed E-state index contributed by atoms with van der Waals surface area (Å²) in [4.78, 5) is 19.8. The molecule has 0 atom stereocenters. The van der Waals surface area contributed by atoms with E-state index in [2.05, 4.69) is 46.4 Å². The van der Waals surface area contributed by atoms with Gasteiger partial charge in [0.2, 0.25) is 11.1 Å². The van der Waals surface area contributed by atoms with Crippen LogP contribution in [0.3, 0.4) is 0 Å². The second kappa shape index (κ2) is 12.4. The number of thioether (sulfide) groups is 1. The number of carbonyl (C=O) groups excluding carboxylic acids is 1. The Balaban J connectivity index is 1.27. The van der Waals surface area contributed by atoms with Gasteiger partial charge in [-0.15, -0.1) is 10.2 Å². The van der Waals surface area contributed by atoms with E-state index in [1.807, 2.05) is 103 Å². The molecule has 1 N–H and O–H groups in total. The van der Waals surface area contributed by atoms with Gasteiger partial charge in [-0.3, -0.25) is 4.79 Å².